The van der Waals surface area contributed by atoms with Gasteiger partial charge in [-0.2, -0.15) is 0 Å². The summed E-state index contributed by atoms with van der Waals surface area (Å²) in [5.74, 6) is -0.660. The Labute approximate surface area is 351 Å². The lowest BCUT2D eigenvalue weighted by molar-refractivity contribution is 0.0595. The average Bonchev–Trinajstić information content (AvgIpc) is 3.40. The molecule has 1 N–H and O–H groups in total. The summed E-state index contributed by atoms with van der Waals surface area (Å²) in [5, 5.41) is 14.5. The number of fused-ring (bicyclic) bond motifs is 4. The van der Waals surface area contributed by atoms with E-state index in [1.165, 1.54) is 4.90 Å². The fraction of sp³-hybridized carbons (Fsp3) is 0.146. The minimum Gasteiger partial charge on any atom is -0.389 e. The normalized spacial score (nSPS) is 13.9. The quantitative estimate of drug-likeness (QED) is 0.107. The first kappa shape index (κ1) is 40.9. The maximum atomic E-state index is 12.7. The minimum atomic E-state index is -0.648. The number of rotatable bonds is 4. The SMILES string of the molecule is CC(Cl)c1cc2c(Cl)cccc2nc1Cl.CC(O)c1cc2c(Cl)cccc2nc1Cl.CC(c1cc2c(Cl)cccc2nc1Cl)N1C(=O)c2ccccc2C1=O. The van der Waals surface area contributed by atoms with E-state index in [0.717, 1.165) is 32.8 Å². The highest BCUT2D eigenvalue weighted by Crippen LogP contribution is 2.37. The number of aliphatic hydroxyl groups is 1. The third kappa shape index (κ3) is 8.51. The molecule has 0 saturated heterocycles. The summed E-state index contributed by atoms with van der Waals surface area (Å²) >= 11 is 42.6. The Bertz CT molecular complexity index is 2490. The number of pyridine rings is 3. The van der Waals surface area contributed by atoms with Crippen LogP contribution >= 0.6 is 81.2 Å². The van der Waals surface area contributed by atoms with Crippen LogP contribution in [0.3, 0.4) is 0 Å². The summed E-state index contributed by atoms with van der Waals surface area (Å²) < 4.78 is 0. The van der Waals surface area contributed by atoms with Gasteiger partial charge in [0.15, 0.2) is 0 Å². The lowest BCUT2D eigenvalue weighted by atomic mass is 10.1. The molecule has 3 atom stereocenters. The van der Waals surface area contributed by atoms with Gasteiger partial charge in [-0.25, -0.2) is 15.0 Å². The number of aromatic nitrogens is 3. The van der Waals surface area contributed by atoms with Crippen LogP contribution < -0.4 is 0 Å². The number of nitrogens with zero attached hydrogens (tertiary/aromatic N) is 4. The number of aliphatic hydroxyl groups excluding tert-OH is 1. The molecule has 3 aromatic heterocycles. The summed E-state index contributed by atoms with van der Waals surface area (Å²) in [6, 6.07) is 28.0. The van der Waals surface area contributed by atoms with Gasteiger partial charge >= 0.3 is 0 Å². The van der Waals surface area contributed by atoms with Crippen molar-refractivity contribution in [2.75, 3.05) is 0 Å². The second-order valence-electron chi connectivity index (χ2n) is 12.5. The number of hydrogen-bond donors (Lipinski definition) is 1. The van der Waals surface area contributed by atoms with Crippen LogP contribution in [0, 0.1) is 0 Å². The molecule has 4 heterocycles. The van der Waals surface area contributed by atoms with Gasteiger partial charge in [-0.1, -0.05) is 99.9 Å². The Morgan fingerprint density at radius 3 is 1.29 bits per heavy atom. The maximum Gasteiger partial charge on any atom is 0.262 e. The Kier molecular flexibility index (Phi) is 12.8. The standard InChI is InChI=1S/C19H12Cl2N2O2.C11H8Cl3N.C11H9Cl2NO/c1-10(23-18(24)11-5-2-3-6-12(11)19(23)25)13-9-14-15(20)7-4-8-16(14)22-17(13)21;1-6(12)7-5-8-9(13)3-2-4-10(8)15-11(7)14;1-6(15)7-5-8-9(12)3-2-4-10(8)14-11(7)13/h2-10H,1H3;2-6H,1H3;2-6,15H,1H3. The second-order valence-corrected chi connectivity index (χ2v) is 15.5. The number of halogens is 7. The fourth-order valence-corrected chi connectivity index (χ4v) is 7.83. The van der Waals surface area contributed by atoms with E-state index in [2.05, 4.69) is 15.0 Å². The van der Waals surface area contributed by atoms with Gasteiger partial charge in [0, 0.05) is 47.9 Å². The Morgan fingerprint density at radius 1 is 0.527 bits per heavy atom. The Hall–Kier alpha value is -3.76. The van der Waals surface area contributed by atoms with E-state index < -0.39 is 12.1 Å². The predicted molar refractivity (Wildman–Crippen MR) is 226 cm³/mol. The van der Waals surface area contributed by atoms with E-state index in [1.54, 1.807) is 68.4 Å². The molecule has 1 aliphatic heterocycles. The fourth-order valence-electron chi connectivity index (χ4n) is 6.02. The van der Waals surface area contributed by atoms with Crippen LogP contribution in [0.5, 0.6) is 0 Å². The minimum absolute atomic E-state index is 0.175. The molecule has 0 spiro atoms. The molecule has 4 aromatic carbocycles. The molecule has 0 fully saturated rings. The van der Waals surface area contributed by atoms with Crippen LogP contribution in [-0.4, -0.2) is 36.8 Å². The van der Waals surface area contributed by atoms with E-state index in [1.807, 2.05) is 49.4 Å². The zero-order valence-corrected chi connectivity index (χ0v) is 34.5. The molecule has 8 rings (SSSR count). The van der Waals surface area contributed by atoms with Gasteiger partial charge in [-0.15, -0.1) is 11.6 Å². The molecular formula is C41H29Cl7N4O3. The van der Waals surface area contributed by atoms with Gasteiger partial charge in [0.2, 0.25) is 0 Å². The first-order valence-corrected chi connectivity index (χ1v) is 19.4. The topological polar surface area (TPSA) is 96.3 Å². The molecule has 7 nitrogen and oxygen atoms in total. The van der Waals surface area contributed by atoms with Gasteiger partial charge in [0.05, 0.1) is 45.2 Å². The van der Waals surface area contributed by atoms with E-state index >= 15 is 0 Å². The second kappa shape index (κ2) is 17.2. The highest BCUT2D eigenvalue weighted by Gasteiger charge is 2.39. The van der Waals surface area contributed by atoms with Crippen LogP contribution in [0.4, 0.5) is 0 Å². The van der Waals surface area contributed by atoms with Gasteiger partial charge in [-0.05, 0) is 87.5 Å². The maximum absolute atomic E-state index is 12.7. The zero-order valence-electron chi connectivity index (χ0n) is 29.2. The van der Waals surface area contributed by atoms with Crippen molar-refractivity contribution in [2.24, 2.45) is 0 Å². The predicted octanol–water partition coefficient (Wildman–Crippen LogP) is 13.3. The monoisotopic (exact) mass is 870 g/mol. The number of imide groups is 1. The molecule has 14 heteroatoms. The van der Waals surface area contributed by atoms with E-state index in [0.29, 0.717) is 53.1 Å². The van der Waals surface area contributed by atoms with Gasteiger partial charge in [-0.3, -0.25) is 14.5 Å². The van der Waals surface area contributed by atoms with Gasteiger partial charge in [0.25, 0.3) is 11.8 Å². The van der Waals surface area contributed by atoms with E-state index in [9.17, 15) is 14.7 Å². The molecule has 7 aromatic rings. The smallest absolute Gasteiger partial charge is 0.262 e. The van der Waals surface area contributed by atoms with E-state index in [-0.39, 0.29) is 22.3 Å². The van der Waals surface area contributed by atoms with Crippen molar-refractivity contribution in [3.8, 4) is 0 Å². The summed E-state index contributed by atoms with van der Waals surface area (Å²) in [5.41, 5.74) is 4.97. The van der Waals surface area contributed by atoms with Crippen LogP contribution in [0.1, 0.15) is 75.7 Å². The number of carbonyl (C=O) groups is 2. The number of hydrogen-bond acceptors (Lipinski definition) is 6. The highest BCUT2D eigenvalue weighted by molar-refractivity contribution is 6.37. The van der Waals surface area contributed by atoms with Crippen molar-refractivity contribution >= 4 is 126 Å². The third-order valence-electron chi connectivity index (χ3n) is 8.90. The van der Waals surface area contributed by atoms with Crippen LogP contribution in [-0.2, 0) is 0 Å². The van der Waals surface area contributed by atoms with Gasteiger partial charge < -0.3 is 5.11 Å². The summed E-state index contributed by atoms with van der Waals surface area (Å²) in [6.45, 7) is 5.26. The zero-order chi connectivity index (χ0) is 39.7. The molecule has 55 heavy (non-hydrogen) atoms. The van der Waals surface area contributed by atoms with Crippen molar-refractivity contribution in [1.82, 2.24) is 19.9 Å². The number of carbonyl (C=O) groups excluding carboxylic acids is 2. The van der Waals surface area contributed by atoms with Crippen LogP contribution in [0.25, 0.3) is 32.7 Å². The van der Waals surface area contributed by atoms with Crippen LogP contribution in [0.15, 0.2) is 97.1 Å². The summed E-state index contributed by atoms with van der Waals surface area (Å²) in [6.07, 6.45) is -0.648. The van der Waals surface area contributed by atoms with E-state index in [4.69, 9.17) is 81.2 Å². The molecule has 280 valence electrons. The lowest BCUT2D eigenvalue weighted by Gasteiger charge is -2.23. The molecule has 2 amide bonds. The first-order chi connectivity index (χ1) is 26.2. The van der Waals surface area contributed by atoms with Crippen molar-refractivity contribution < 1.29 is 14.7 Å². The van der Waals surface area contributed by atoms with Crippen molar-refractivity contribution in [3.63, 3.8) is 0 Å². The van der Waals surface area contributed by atoms with Crippen LogP contribution in [0.2, 0.25) is 30.5 Å². The van der Waals surface area contributed by atoms with Crippen molar-refractivity contribution in [2.45, 2.75) is 38.3 Å². The van der Waals surface area contributed by atoms with Crippen molar-refractivity contribution in [3.05, 3.63) is 155 Å². The largest absolute Gasteiger partial charge is 0.389 e. The molecule has 0 bridgehead atoms. The lowest BCUT2D eigenvalue weighted by Crippen LogP contribution is -2.32. The van der Waals surface area contributed by atoms with Gasteiger partial charge in [0.1, 0.15) is 15.5 Å². The average molecular weight is 874 g/mol. The number of amides is 2. The number of benzene rings is 4. The summed E-state index contributed by atoms with van der Waals surface area (Å²) in [7, 11) is 0. The molecule has 1 aliphatic rings. The highest BCUT2D eigenvalue weighted by atomic mass is 35.5. The molecular weight excluding hydrogens is 845 g/mol. The summed E-state index contributed by atoms with van der Waals surface area (Å²) in [4.78, 5) is 39.4. The molecule has 0 radical (unpaired) electrons. The number of alkyl halides is 1. The third-order valence-corrected chi connectivity index (χ3v) is 11.0. The first-order valence-electron chi connectivity index (χ1n) is 16.7. The van der Waals surface area contributed by atoms with Crippen molar-refractivity contribution in [1.29, 1.82) is 0 Å². The molecule has 3 unspecified atom stereocenters. The Morgan fingerprint density at radius 2 is 0.891 bits per heavy atom. The molecule has 0 aliphatic carbocycles. The Balaban J connectivity index is 0.000000149. The molecule has 0 saturated carbocycles.